The Labute approximate surface area is 289 Å². The monoisotopic (exact) mass is 653 g/mol. The number of esters is 2. The standard InChI is InChI=1S/C43H72O4/c1-31(2)18-17-19-33(5)37-23-24-38-36-22-21-34-30-35(25-27-42(34,6)39(36)26-28-43(37,38)7)47-40(44)20-15-13-11-9-8-10-12-14-16-29-46-41(45)32(3)4/h21,31,33,35-39H,3,8-20,22-30H2,1-2,4-7H3/t33-,35+,36+,37-,38+,39+,42+,43-/m1/s1. The maximum atomic E-state index is 12.8. The Balaban J connectivity index is 1.12. The highest BCUT2D eigenvalue weighted by Gasteiger charge is 2.59. The fraction of sp³-hybridized carbons (Fsp3) is 0.860. The van der Waals surface area contributed by atoms with Crippen LogP contribution >= 0.6 is 0 Å². The number of unbranched alkanes of at least 4 members (excludes halogenated alkanes) is 8. The molecule has 4 aliphatic rings. The van der Waals surface area contributed by atoms with E-state index in [9.17, 15) is 9.59 Å². The van der Waals surface area contributed by atoms with E-state index in [4.69, 9.17) is 9.47 Å². The van der Waals surface area contributed by atoms with Crippen LogP contribution in [-0.4, -0.2) is 24.6 Å². The minimum atomic E-state index is -0.281. The number of fused-ring (bicyclic) bond motifs is 5. The second kappa shape index (κ2) is 17.9. The zero-order valence-corrected chi connectivity index (χ0v) is 31.5. The average molecular weight is 653 g/mol. The van der Waals surface area contributed by atoms with Crippen molar-refractivity contribution in [1.82, 2.24) is 0 Å². The molecule has 3 saturated carbocycles. The second-order valence-electron chi connectivity index (χ2n) is 17.5. The van der Waals surface area contributed by atoms with Crippen LogP contribution in [0.3, 0.4) is 0 Å². The largest absolute Gasteiger partial charge is 0.462 e. The molecule has 4 heteroatoms. The molecule has 0 unspecified atom stereocenters. The summed E-state index contributed by atoms with van der Waals surface area (Å²) >= 11 is 0. The first-order valence-electron chi connectivity index (χ1n) is 20.2. The van der Waals surface area contributed by atoms with Gasteiger partial charge in [0.05, 0.1) is 6.61 Å². The van der Waals surface area contributed by atoms with Crippen LogP contribution in [0.15, 0.2) is 23.8 Å². The second-order valence-corrected chi connectivity index (χ2v) is 17.5. The number of hydrogen-bond acceptors (Lipinski definition) is 4. The van der Waals surface area contributed by atoms with Gasteiger partial charge in [-0.25, -0.2) is 4.79 Å². The highest BCUT2D eigenvalue weighted by atomic mass is 16.5. The van der Waals surface area contributed by atoms with Gasteiger partial charge < -0.3 is 9.47 Å². The number of carbonyl (C=O) groups excluding carboxylic acids is 2. The van der Waals surface area contributed by atoms with Crippen molar-refractivity contribution in [3.63, 3.8) is 0 Å². The Morgan fingerprint density at radius 3 is 2.21 bits per heavy atom. The Morgan fingerprint density at radius 1 is 0.851 bits per heavy atom. The van der Waals surface area contributed by atoms with Gasteiger partial charge in [0.2, 0.25) is 0 Å². The number of rotatable bonds is 19. The molecule has 0 bridgehead atoms. The molecule has 0 spiro atoms. The van der Waals surface area contributed by atoms with E-state index in [1.54, 1.807) is 12.5 Å². The molecule has 4 aliphatic carbocycles. The SMILES string of the molecule is C=C(C)C(=O)OCCCCCCCCCCCC(=O)O[C@H]1CC[C@@]2(C)C(=CC[C@H]3[C@@H]4CC[C@H]([C@H](C)CCCC(C)C)[C@@]4(C)CC[C@@H]32)C1. The Hall–Kier alpha value is -1.58. The fourth-order valence-electron chi connectivity index (χ4n) is 10.9. The van der Waals surface area contributed by atoms with E-state index in [1.165, 1.54) is 89.9 Å². The van der Waals surface area contributed by atoms with Crippen LogP contribution in [0.1, 0.15) is 176 Å². The van der Waals surface area contributed by atoms with Crippen LogP contribution in [0.4, 0.5) is 0 Å². The van der Waals surface area contributed by atoms with Gasteiger partial charge in [0.25, 0.3) is 0 Å². The van der Waals surface area contributed by atoms with Crippen LogP contribution in [-0.2, 0) is 19.1 Å². The van der Waals surface area contributed by atoms with E-state index in [-0.39, 0.29) is 18.0 Å². The van der Waals surface area contributed by atoms with Crippen molar-refractivity contribution in [2.24, 2.45) is 46.3 Å². The lowest BCUT2D eigenvalue weighted by atomic mass is 9.47. The fourth-order valence-corrected chi connectivity index (χ4v) is 10.9. The Morgan fingerprint density at radius 2 is 1.53 bits per heavy atom. The molecule has 0 aliphatic heterocycles. The van der Waals surface area contributed by atoms with Crippen LogP contribution < -0.4 is 0 Å². The molecule has 0 saturated heterocycles. The number of allylic oxidation sites excluding steroid dienone is 1. The molecular weight excluding hydrogens is 580 g/mol. The zero-order chi connectivity index (χ0) is 34.0. The van der Waals surface area contributed by atoms with E-state index in [0.29, 0.717) is 29.4 Å². The highest BCUT2D eigenvalue weighted by molar-refractivity contribution is 5.86. The van der Waals surface area contributed by atoms with E-state index < -0.39 is 0 Å². The molecule has 0 aromatic rings. The quantitative estimate of drug-likeness (QED) is 0.0603. The van der Waals surface area contributed by atoms with E-state index in [2.05, 4.69) is 47.3 Å². The first-order chi connectivity index (χ1) is 22.5. The molecule has 0 aromatic heterocycles. The lowest BCUT2D eigenvalue weighted by molar-refractivity contribution is -0.151. The van der Waals surface area contributed by atoms with Crippen molar-refractivity contribution in [2.45, 2.75) is 182 Å². The van der Waals surface area contributed by atoms with Crippen molar-refractivity contribution >= 4 is 11.9 Å². The van der Waals surface area contributed by atoms with Gasteiger partial charge in [-0.2, -0.15) is 0 Å². The molecule has 4 nitrogen and oxygen atoms in total. The molecule has 8 atom stereocenters. The van der Waals surface area contributed by atoms with Crippen LogP contribution in [0, 0.1) is 46.3 Å². The van der Waals surface area contributed by atoms with Gasteiger partial charge in [-0.1, -0.05) is 117 Å². The third kappa shape index (κ3) is 10.00. The molecule has 268 valence electrons. The van der Waals surface area contributed by atoms with Gasteiger partial charge in [0.15, 0.2) is 0 Å². The number of ether oxygens (including phenoxy) is 2. The number of hydrogen-bond donors (Lipinski definition) is 0. The van der Waals surface area contributed by atoms with Crippen LogP contribution in [0.25, 0.3) is 0 Å². The van der Waals surface area contributed by atoms with Crippen molar-refractivity contribution in [2.75, 3.05) is 6.61 Å². The molecule has 0 N–H and O–H groups in total. The third-order valence-electron chi connectivity index (χ3n) is 13.7. The summed E-state index contributed by atoms with van der Waals surface area (Å²) in [6, 6.07) is 0. The van der Waals surface area contributed by atoms with E-state index >= 15 is 0 Å². The van der Waals surface area contributed by atoms with Crippen molar-refractivity contribution in [3.8, 4) is 0 Å². The summed E-state index contributed by atoms with van der Waals surface area (Å²) in [6.45, 7) is 18.4. The van der Waals surface area contributed by atoms with Gasteiger partial charge in [-0.3, -0.25) is 4.79 Å². The summed E-state index contributed by atoms with van der Waals surface area (Å²) < 4.78 is 11.2. The van der Waals surface area contributed by atoms with Crippen LogP contribution in [0.2, 0.25) is 0 Å². The van der Waals surface area contributed by atoms with Crippen LogP contribution in [0.5, 0.6) is 0 Å². The minimum Gasteiger partial charge on any atom is -0.462 e. The topological polar surface area (TPSA) is 52.6 Å². The summed E-state index contributed by atoms with van der Waals surface area (Å²) in [5.74, 6) is 4.92. The van der Waals surface area contributed by atoms with Gasteiger partial charge in [0.1, 0.15) is 6.10 Å². The summed E-state index contributed by atoms with van der Waals surface area (Å²) in [7, 11) is 0. The smallest absolute Gasteiger partial charge is 0.333 e. The van der Waals surface area contributed by atoms with Gasteiger partial charge in [0, 0.05) is 18.4 Å². The first kappa shape index (κ1) is 38.2. The molecule has 3 fully saturated rings. The van der Waals surface area contributed by atoms with E-state index in [1.807, 2.05) is 0 Å². The van der Waals surface area contributed by atoms with Crippen molar-refractivity contribution in [3.05, 3.63) is 23.8 Å². The first-order valence-corrected chi connectivity index (χ1v) is 20.2. The molecule has 0 radical (unpaired) electrons. The van der Waals surface area contributed by atoms with E-state index in [0.717, 1.165) is 74.0 Å². The van der Waals surface area contributed by atoms with Crippen molar-refractivity contribution in [1.29, 1.82) is 0 Å². The number of carbonyl (C=O) groups is 2. The molecule has 0 heterocycles. The lowest BCUT2D eigenvalue weighted by Gasteiger charge is -2.58. The zero-order valence-electron chi connectivity index (χ0n) is 31.5. The lowest BCUT2D eigenvalue weighted by Crippen LogP contribution is -2.51. The van der Waals surface area contributed by atoms with Gasteiger partial charge in [-0.05, 0) is 111 Å². The average Bonchev–Trinajstić information content (AvgIpc) is 3.38. The highest BCUT2D eigenvalue weighted by Crippen LogP contribution is 2.67. The Bertz CT molecular complexity index is 1060. The minimum absolute atomic E-state index is 0.0215. The molecule has 0 amide bonds. The summed E-state index contributed by atoms with van der Waals surface area (Å²) in [6.07, 6.45) is 27.8. The summed E-state index contributed by atoms with van der Waals surface area (Å²) in [5.41, 5.74) is 2.94. The molecule has 0 aromatic carbocycles. The molecular formula is C43H72O4. The molecule has 47 heavy (non-hydrogen) atoms. The summed E-state index contributed by atoms with van der Waals surface area (Å²) in [5, 5.41) is 0. The maximum Gasteiger partial charge on any atom is 0.333 e. The Kier molecular flexibility index (Phi) is 14.5. The normalized spacial score (nSPS) is 32.1. The third-order valence-corrected chi connectivity index (χ3v) is 13.7. The van der Waals surface area contributed by atoms with Gasteiger partial charge in [-0.15, -0.1) is 0 Å². The van der Waals surface area contributed by atoms with Crippen molar-refractivity contribution < 1.29 is 19.1 Å². The molecule has 4 rings (SSSR count). The maximum absolute atomic E-state index is 12.8. The predicted octanol–water partition coefficient (Wildman–Crippen LogP) is 12.0. The van der Waals surface area contributed by atoms with Gasteiger partial charge >= 0.3 is 11.9 Å². The summed E-state index contributed by atoms with van der Waals surface area (Å²) in [4.78, 5) is 24.2. The predicted molar refractivity (Wildman–Crippen MR) is 195 cm³/mol.